The molecule has 1 aromatic carbocycles. The Bertz CT molecular complexity index is 744. The van der Waals surface area contributed by atoms with E-state index in [2.05, 4.69) is 9.97 Å². The predicted octanol–water partition coefficient (Wildman–Crippen LogP) is 2.06. The number of aromatic nitrogens is 2. The molecule has 1 aliphatic rings. The van der Waals surface area contributed by atoms with Crippen LogP contribution in [-0.2, 0) is 9.53 Å². The van der Waals surface area contributed by atoms with Crippen molar-refractivity contribution in [3.63, 3.8) is 0 Å². The number of amides is 1. The van der Waals surface area contributed by atoms with Crippen molar-refractivity contribution < 1.29 is 19.0 Å². The van der Waals surface area contributed by atoms with Crippen molar-refractivity contribution in [2.24, 2.45) is 0 Å². The van der Waals surface area contributed by atoms with Gasteiger partial charge < -0.3 is 24.1 Å². The third-order valence-corrected chi connectivity index (χ3v) is 4.46. The molecule has 1 unspecified atom stereocenters. The Kier molecular flexibility index (Phi) is 5.23. The predicted molar refractivity (Wildman–Crippen MR) is 92.9 cm³/mol. The van der Waals surface area contributed by atoms with Crippen LogP contribution < -0.4 is 9.47 Å². The molecule has 7 nitrogen and oxygen atoms in total. The normalized spacial score (nSPS) is 17.2. The molecule has 1 aromatic heterocycles. The summed E-state index contributed by atoms with van der Waals surface area (Å²) in [6, 6.07) is 5.71. The number of nitrogens with one attached hydrogen (secondary N) is 1. The van der Waals surface area contributed by atoms with Crippen molar-refractivity contribution in [1.82, 2.24) is 14.9 Å². The summed E-state index contributed by atoms with van der Waals surface area (Å²) in [5.41, 5.74) is 1.84. The Labute approximate surface area is 146 Å². The van der Waals surface area contributed by atoms with Crippen molar-refractivity contribution in [1.29, 1.82) is 0 Å². The van der Waals surface area contributed by atoms with E-state index >= 15 is 0 Å². The first kappa shape index (κ1) is 17.3. The molecule has 0 bridgehead atoms. The number of carbonyl (C=O) groups is 1. The smallest absolute Gasteiger partial charge is 0.223 e. The summed E-state index contributed by atoms with van der Waals surface area (Å²) in [6.45, 7) is 1.84. The van der Waals surface area contributed by atoms with Gasteiger partial charge in [0.2, 0.25) is 5.91 Å². The number of H-pyrrole nitrogens is 1. The van der Waals surface area contributed by atoms with Crippen LogP contribution in [0.3, 0.4) is 0 Å². The van der Waals surface area contributed by atoms with E-state index in [1.54, 1.807) is 27.5 Å². The van der Waals surface area contributed by atoms with Crippen LogP contribution in [0, 0.1) is 0 Å². The lowest BCUT2D eigenvalue weighted by Crippen LogP contribution is -2.28. The van der Waals surface area contributed by atoms with Gasteiger partial charge in [-0.3, -0.25) is 4.79 Å². The molecule has 134 valence electrons. The number of methoxy groups -OCH3 is 3. The molecular formula is C18H23N3O4. The Morgan fingerprint density at radius 2 is 2.04 bits per heavy atom. The highest BCUT2D eigenvalue weighted by Crippen LogP contribution is 2.33. The minimum Gasteiger partial charge on any atom is -0.493 e. The Balaban J connectivity index is 1.76. The Hall–Kier alpha value is -2.54. The second-order valence-corrected chi connectivity index (χ2v) is 5.99. The zero-order chi connectivity index (χ0) is 17.8. The SMILES string of the molecule is COCCN1CC(c2ncc(-c3ccc(OC)c(OC)c3)[nH]2)CC1=O. The van der Waals surface area contributed by atoms with Crippen molar-refractivity contribution in [3.8, 4) is 22.8 Å². The molecule has 0 radical (unpaired) electrons. The third-order valence-electron chi connectivity index (χ3n) is 4.46. The van der Waals surface area contributed by atoms with Crippen LogP contribution in [0.1, 0.15) is 18.2 Å². The average molecular weight is 345 g/mol. The highest BCUT2D eigenvalue weighted by Gasteiger charge is 2.32. The number of imidazole rings is 1. The highest BCUT2D eigenvalue weighted by molar-refractivity contribution is 5.79. The molecule has 3 rings (SSSR count). The Morgan fingerprint density at radius 1 is 1.24 bits per heavy atom. The van der Waals surface area contributed by atoms with Gasteiger partial charge in [-0.15, -0.1) is 0 Å². The van der Waals surface area contributed by atoms with Gasteiger partial charge in [0.15, 0.2) is 11.5 Å². The van der Waals surface area contributed by atoms with Gasteiger partial charge in [0.25, 0.3) is 0 Å². The molecule has 0 saturated carbocycles. The summed E-state index contributed by atoms with van der Waals surface area (Å²) in [4.78, 5) is 21.7. The first-order chi connectivity index (χ1) is 12.2. The van der Waals surface area contributed by atoms with E-state index in [-0.39, 0.29) is 11.8 Å². The zero-order valence-electron chi connectivity index (χ0n) is 14.7. The standard InChI is InChI=1S/C18H23N3O4/c1-23-7-6-21-11-13(9-17(21)22)18-19-10-14(20-18)12-4-5-15(24-2)16(8-12)25-3/h4-5,8,10,13H,6-7,9,11H2,1-3H3,(H,19,20). The molecule has 1 aliphatic heterocycles. The molecule has 1 fully saturated rings. The maximum Gasteiger partial charge on any atom is 0.223 e. The maximum absolute atomic E-state index is 12.1. The molecular weight excluding hydrogens is 322 g/mol. The molecule has 25 heavy (non-hydrogen) atoms. The van der Waals surface area contributed by atoms with E-state index in [0.717, 1.165) is 17.1 Å². The largest absolute Gasteiger partial charge is 0.493 e. The summed E-state index contributed by atoms with van der Waals surface area (Å²) in [5.74, 6) is 2.40. The maximum atomic E-state index is 12.1. The second-order valence-electron chi connectivity index (χ2n) is 5.99. The number of hydrogen-bond acceptors (Lipinski definition) is 5. The van der Waals surface area contributed by atoms with Crippen LogP contribution in [0.25, 0.3) is 11.3 Å². The number of benzene rings is 1. The van der Waals surface area contributed by atoms with Gasteiger partial charge in [-0.1, -0.05) is 0 Å². The van der Waals surface area contributed by atoms with Gasteiger partial charge in [-0.2, -0.15) is 0 Å². The summed E-state index contributed by atoms with van der Waals surface area (Å²) < 4.78 is 15.7. The third kappa shape index (κ3) is 3.61. The van der Waals surface area contributed by atoms with Crippen LogP contribution >= 0.6 is 0 Å². The molecule has 1 saturated heterocycles. The quantitative estimate of drug-likeness (QED) is 0.831. The van der Waals surface area contributed by atoms with E-state index in [0.29, 0.717) is 37.6 Å². The number of nitrogens with zero attached hydrogens (tertiary/aromatic N) is 2. The average Bonchev–Trinajstić information content (AvgIpc) is 3.26. The summed E-state index contributed by atoms with van der Waals surface area (Å²) in [6.07, 6.45) is 2.27. The van der Waals surface area contributed by atoms with E-state index in [4.69, 9.17) is 14.2 Å². The van der Waals surface area contributed by atoms with Crippen molar-refractivity contribution in [2.75, 3.05) is 41.0 Å². The van der Waals surface area contributed by atoms with Gasteiger partial charge >= 0.3 is 0 Å². The monoisotopic (exact) mass is 345 g/mol. The number of likely N-dealkylation sites (tertiary alicyclic amines) is 1. The minimum absolute atomic E-state index is 0.0817. The second kappa shape index (κ2) is 7.57. The van der Waals surface area contributed by atoms with E-state index in [1.807, 2.05) is 23.1 Å². The lowest BCUT2D eigenvalue weighted by atomic mass is 10.1. The fourth-order valence-electron chi connectivity index (χ4n) is 3.07. The van der Waals surface area contributed by atoms with Gasteiger partial charge in [0, 0.05) is 38.1 Å². The number of ether oxygens (including phenoxy) is 3. The van der Waals surface area contributed by atoms with Gasteiger partial charge in [0.05, 0.1) is 32.7 Å². The molecule has 0 aliphatic carbocycles. The van der Waals surface area contributed by atoms with Crippen molar-refractivity contribution >= 4 is 5.91 Å². The van der Waals surface area contributed by atoms with Crippen LogP contribution in [0.2, 0.25) is 0 Å². The van der Waals surface area contributed by atoms with Crippen LogP contribution in [0.4, 0.5) is 0 Å². The number of aromatic amines is 1. The Morgan fingerprint density at radius 3 is 2.76 bits per heavy atom. The van der Waals surface area contributed by atoms with Crippen molar-refractivity contribution in [3.05, 3.63) is 30.2 Å². The van der Waals surface area contributed by atoms with Crippen LogP contribution in [-0.4, -0.2) is 61.8 Å². The number of hydrogen-bond donors (Lipinski definition) is 1. The summed E-state index contributed by atoms with van der Waals surface area (Å²) in [5, 5.41) is 0. The lowest BCUT2D eigenvalue weighted by Gasteiger charge is -2.15. The molecule has 2 heterocycles. The van der Waals surface area contributed by atoms with Crippen LogP contribution in [0.15, 0.2) is 24.4 Å². The summed E-state index contributed by atoms with van der Waals surface area (Å²) in [7, 11) is 4.86. The number of rotatable bonds is 7. The first-order valence-corrected chi connectivity index (χ1v) is 8.20. The van der Waals surface area contributed by atoms with Gasteiger partial charge in [-0.05, 0) is 18.2 Å². The molecule has 1 N–H and O–H groups in total. The van der Waals surface area contributed by atoms with Gasteiger partial charge in [-0.25, -0.2) is 4.98 Å². The van der Waals surface area contributed by atoms with E-state index < -0.39 is 0 Å². The van der Waals surface area contributed by atoms with Crippen LogP contribution in [0.5, 0.6) is 11.5 Å². The zero-order valence-corrected chi connectivity index (χ0v) is 14.7. The highest BCUT2D eigenvalue weighted by atomic mass is 16.5. The van der Waals surface area contributed by atoms with Crippen molar-refractivity contribution in [2.45, 2.75) is 12.3 Å². The molecule has 1 atom stereocenters. The summed E-state index contributed by atoms with van der Waals surface area (Å²) >= 11 is 0. The molecule has 7 heteroatoms. The molecule has 0 spiro atoms. The number of carbonyl (C=O) groups excluding carboxylic acids is 1. The first-order valence-electron chi connectivity index (χ1n) is 8.20. The van der Waals surface area contributed by atoms with E-state index in [9.17, 15) is 4.79 Å². The fraction of sp³-hybridized carbons (Fsp3) is 0.444. The molecule has 2 aromatic rings. The topological polar surface area (TPSA) is 76.7 Å². The minimum atomic E-state index is 0.0817. The lowest BCUT2D eigenvalue weighted by molar-refractivity contribution is -0.128. The van der Waals surface area contributed by atoms with Gasteiger partial charge in [0.1, 0.15) is 5.82 Å². The molecule has 1 amide bonds. The fourth-order valence-corrected chi connectivity index (χ4v) is 3.07. The van der Waals surface area contributed by atoms with E-state index in [1.165, 1.54) is 0 Å².